The molecule has 2 aromatic rings. The van der Waals surface area contributed by atoms with Crippen LogP contribution in [0.1, 0.15) is 46.8 Å². The van der Waals surface area contributed by atoms with Gasteiger partial charge < -0.3 is 10.2 Å². The number of carbonyl (C=O) groups excluding carboxylic acids is 2. The van der Waals surface area contributed by atoms with Crippen molar-refractivity contribution in [1.29, 1.82) is 0 Å². The zero-order chi connectivity index (χ0) is 16.7. The molecule has 2 aliphatic rings. The molecule has 2 unspecified atom stereocenters. The molecule has 1 saturated heterocycles. The fraction of sp³-hybridized carbons (Fsp3) is 0.471. The Bertz CT molecular complexity index is 752. The fourth-order valence-corrected chi connectivity index (χ4v) is 5.11. The molecule has 2 atom stereocenters. The van der Waals surface area contributed by atoms with Crippen LogP contribution in [0.15, 0.2) is 22.9 Å². The maximum Gasteiger partial charge on any atom is 0.226 e. The van der Waals surface area contributed by atoms with Crippen molar-refractivity contribution in [3.05, 3.63) is 38.5 Å². The third-order valence-corrected chi connectivity index (χ3v) is 6.70. The summed E-state index contributed by atoms with van der Waals surface area (Å²) < 4.78 is 0. The van der Waals surface area contributed by atoms with Gasteiger partial charge in [0.25, 0.3) is 0 Å². The summed E-state index contributed by atoms with van der Waals surface area (Å²) in [7, 11) is 1.78. The third kappa shape index (κ3) is 2.98. The van der Waals surface area contributed by atoms with Crippen LogP contribution in [-0.2, 0) is 16.1 Å². The molecule has 0 bridgehead atoms. The van der Waals surface area contributed by atoms with Gasteiger partial charge in [0.05, 0.1) is 29.2 Å². The standard InChI is InChI=1S/C17H19N3O2S2/c1-20-14(21)7-12(15(20)13-3-2-6-23-13)16(22)18-8-11-9-24-17(19-11)10-4-5-10/h2-3,6,9-10,12,15H,4-5,7-8H2,1H3,(H,18,22). The van der Waals surface area contributed by atoms with E-state index in [0.29, 0.717) is 12.5 Å². The van der Waals surface area contributed by atoms with Crippen molar-refractivity contribution in [2.24, 2.45) is 5.92 Å². The van der Waals surface area contributed by atoms with Gasteiger partial charge in [-0.15, -0.1) is 22.7 Å². The number of thiophene rings is 1. The Balaban J connectivity index is 1.43. The largest absolute Gasteiger partial charge is 0.350 e. The van der Waals surface area contributed by atoms with Gasteiger partial charge >= 0.3 is 0 Å². The van der Waals surface area contributed by atoms with Crippen molar-refractivity contribution < 1.29 is 9.59 Å². The van der Waals surface area contributed by atoms with Crippen LogP contribution in [0.25, 0.3) is 0 Å². The number of carbonyl (C=O) groups is 2. The Morgan fingerprint density at radius 1 is 1.42 bits per heavy atom. The molecular formula is C17H19N3O2S2. The van der Waals surface area contributed by atoms with Gasteiger partial charge in [-0.1, -0.05) is 6.07 Å². The van der Waals surface area contributed by atoms with Crippen LogP contribution < -0.4 is 5.32 Å². The minimum atomic E-state index is -0.331. The Kier molecular flexibility index (Phi) is 4.14. The first kappa shape index (κ1) is 15.8. The van der Waals surface area contributed by atoms with Crippen LogP contribution in [0, 0.1) is 5.92 Å². The molecule has 3 heterocycles. The summed E-state index contributed by atoms with van der Waals surface area (Å²) in [6.07, 6.45) is 2.74. The summed E-state index contributed by atoms with van der Waals surface area (Å²) in [6, 6.07) is 3.79. The number of thiazole rings is 1. The normalized spacial score (nSPS) is 23.7. The van der Waals surface area contributed by atoms with Crippen LogP contribution in [0.2, 0.25) is 0 Å². The summed E-state index contributed by atoms with van der Waals surface area (Å²) in [5.74, 6) is 0.275. The number of nitrogens with one attached hydrogen (secondary N) is 1. The number of aromatic nitrogens is 1. The molecule has 24 heavy (non-hydrogen) atoms. The van der Waals surface area contributed by atoms with Gasteiger partial charge in [0.15, 0.2) is 0 Å². The lowest BCUT2D eigenvalue weighted by molar-refractivity contribution is -0.128. The fourth-order valence-electron chi connectivity index (χ4n) is 3.18. The molecule has 1 aliphatic heterocycles. The molecule has 2 fully saturated rings. The quantitative estimate of drug-likeness (QED) is 0.891. The Labute approximate surface area is 148 Å². The molecule has 5 nitrogen and oxygen atoms in total. The van der Waals surface area contributed by atoms with Gasteiger partial charge in [0.2, 0.25) is 11.8 Å². The number of amides is 2. The van der Waals surface area contributed by atoms with E-state index < -0.39 is 0 Å². The van der Waals surface area contributed by atoms with Crippen molar-refractivity contribution in [2.75, 3.05) is 7.05 Å². The first-order chi connectivity index (χ1) is 11.6. The number of hydrogen-bond acceptors (Lipinski definition) is 5. The summed E-state index contributed by atoms with van der Waals surface area (Å²) in [4.78, 5) is 32.1. The molecule has 1 saturated carbocycles. The topological polar surface area (TPSA) is 62.3 Å². The first-order valence-corrected chi connectivity index (χ1v) is 9.90. The zero-order valence-electron chi connectivity index (χ0n) is 13.4. The molecule has 0 spiro atoms. The predicted molar refractivity (Wildman–Crippen MR) is 93.9 cm³/mol. The number of hydrogen-bond donors (Lipinski definition) is 1. The van der Waals surface area contributed by atoms with E-state index in [9.17, 15) is 9.59 Å². The van der Waals surface area contributed by atoms with E-state index in [0.717, 1.165) is 10.6 Å². The SMILES string of the molecule is CN1C(=O)CC(C(=O)NCc2csc(C3CC3)n2)C1c1cccs1. The summed E-state index contributed by atoms with van der Waals surface area (Å²) in [6.45, 7) is 0.438. The second-order valence-corrected chi connectivity index (χ2v) is 8.31. The zero-order valence-corrected chi connectivity index (χ0v) is 15.0. The van der Waals surface area contributed by atoms with Gasteiger partial charge in [-0.05, 0) is 24.3 Å². The monoisotopic (exact) mass is 361 g/mol. The minimum Gasteiger partial charge on any atom is -0.350 e. The van der Waals surface area contributed by atoms with Crippen molar-refractivity contribution in [1.82, 2.24) is 15.2 Å². The summed E-state index contributed by atoms with van der Waals surface area (Å²) in [5.41, 5.74) is 0.917. The van der Waals surface area contributed by atoms with Crippen molar-refractivity contribution in [3.8, 4) is 0 Å². The van der Waals surface area contributed by atoms with Crippen molar-refractivity contribution in [2.45, 2.75) is 37.8 Å². The Hall–Kier alpha value is -1.73. The van der Waals surface area contributed by atoms with Crippen LogP contribution in [0.5, 0.6) is 0 Å². The molecule has 4 rings (SSSR count). The van der Waals surface area contributed by atoms with Crippen molar-refractivity contribution in [3.63, 3.8) is 0 Å². The molecule has 0 aromatic carbocycles. The lowest BCUT2D eigenvalue weighted by atomic mass is 9.98. The van der Waals surface area contributed by atoms with E-state index >= 15 is 0 Å². The molecular weight excluding hydrogens is 342 g/mol. The van der Waals surface area contributed by atoms with Gasteiger partial charge in [-0.25, -0.2) is 4.98 Å². The highest BCUT2D eigenvalue weighted by atomic mass is 32.1. The highest BCUT2D eigenvalue weighted by Crippen LogP contribution is 2.41. The predicted octanol–water partition coefficient (Wildman–Crippen LogP) is 2.92. The van der Waals surface area contributed by atoms with E-state index in [4.69, 9.17) is 0 Å². The molecule has 0 radical (unpaired) electrons. The highest BCUT2D eigenvalue weighted by molar-refractivity contribution is 7.10. The average Bonchev–Trinajstić information content (AvgIpc) is 2.99. The van der Waals surface area contributed by atoms with E-state index in [1.807, 2.05) is 22.9 Å². The van der Waals surface area contributed by atoms with Crippen LogP contribution in [0.3, 0.4) is 0 Å². The molecule has 2 amide bonds. The van der Waals surface area contributed by atoms with E-state index in [2.05, 4.69) is 10.3 Å². The van der Waals surface area contributed by atoms with Crippen LogP contribution in [-0.4, -0.2) is 28.7 Å². The van der Waals surface area contributed by atoms with Gasteiger partial charge in [0.1, 0.15) is 0 Å². The molecule has 1 N–H and O–H groups in total. The third-order valence-electron chi connectivity index (χ3n) is 4.70. The number of rotatable bonds is 5. The minimum absolute atomic E-state index is 0.0261. The second kappa shape index (κ2) is 6.29. The van der Waals surface area contributed by atoms with E-state index in [1.54, 1.807) is 34.6 Å². The van der Waals surface area contributed by atoms with E-state index in [1.165, 1.54) is 17.8 Å². The summed E-state index contributed by atoms with van der Waals surface area (Å²) >= 11 is 3.27. The number of likely N-dealkylation sites (tertiary alicyclic amines) is 1. The second-order valence-electron chi connectivity index (χ2n) is 6.44. The Morgan fingerprint density at radius 2 is 2.25 bits per heavy atom. The van der Waals surface area contributed by atoms with Gasteiger partial charge in [-0.2, -0.15) is 0 Å². The van der Waals surface area contributed by atoms with E-state index in [-0.39, 0.29) is 30.2 Å². The van der Waals surface area contributed by atoms with Gasteiger partial charge in [-0.3, -0.25) is 9.59 Å². The molecule has 7 heteroatoms. The molecule has 126 valence electrons. The lowest BCUT2D eigenvalue weighted by Crippen LogP contribution is -2.34. The maximum absolute atomic E-state index is 12.7. The molecule has 1 aliphatic carbocycles. The summed E-state index contributed by atoms with van der Waals surface area (Å²) in [5, 5.41) is 8.17. The first-order valence-electron chi connectivity index (χ1n) is 8.14. The lowest BCUT2D eigenvalue weighted by Gasteiger charge is -2.23. The van der Waals surface area contributed by atoms with Crippen LogP contribution >= 0.6 is 22.7 Å². The average molecular weight is 361 g/mol. The van der Waals surface area contributed by atoms with Gasteiger partial charge in [0, 0.05) is 29.6 Å². The number of nitrogens with zero attached hydrogens (tertiary/aromatic N) is 2. The maximum atomic E-state index is 12.7. The smallest absolute Gasteiger partial charge is 0.226 e. The Morgan fingerprint density at radius 3 is 2.96 bits per heavy atom. The molecule has 2 aromatic heterocycles. The highest BCUT2D eigenvalue weighted by Gasteiger charge is 2.43. The van der Waals surface area contributed by atoms with Crippen LogP contribution in [0.4, 0.5) is 0 Å². The van der Waals surface area contributed by atoms with Crippen molar-refractivity contribution >= 4 is 34.5 Å².